The molecule has 0 bridgehead atoms. The number of hydrogen-bond acceptors (Lipinski definition) is 1. The maximum absolute atomic E-state index is 15.0. The van der Waals surface area contributed by atoms with Crippen molar-refractivity contribution < 1.29 is 22.3 Å². The quantitative estimate of drug-likeness (QED) is 0.292. The molecule has 3 aliphatic carbocycles. The predicted octanol–water partition coefficient (Wildman–Crippen LogP) is 10.5. The summed E-state index contributed by atoms with van der Waals surface area (Å²) in [5.41, 5.74) is 2.62. The van der Waals surface area contributed by atoms with Crippen LogP contribution in [0.25, 0.3) is 0 Å². The maximum atomic E-state index is 15.0. The van der Waals surface area contributed by atoms with E-state index in [1.54, 1.807) is 0 Å². The zero-order valence-corrected chi connectivity index (χ0v) is 21.4. The predicted molar refractivity (Wildman–Crippen MR) is 135 cm³/mol. The molecule has 36 heavy (non-hydrogen) atoms. The molecule has 5 heteroatoms. The second-order valence-electron chi connectivity index (χ2n) is 11.3. The molecule has 3 fully saturated rings. The smallest absolute Gasteiger partial charge is 0.204 e. The van der Waals surface area contributed by atoms with Gasteiger partial charge in [0, 0.05) is 5.56 Å². The van der Waals surface area contributed by atoms with E-state index in [1.165, 1.54) is 37.7 Å². The molecule has 0 saturated heterocycles. The summed E-state index contributed by atoms with van der Waals surface area (Å²) in [4.78, 5) is 0. The molecular formula is C31H38F4O. The summed E-state index contributed by atoms with van der Waals surface area (Å²) in [5.74, 6) is -5.23. The van der Waals surface area contributed by atoms with Crippen LogP contribution in [0.2, 0.25) is 0 Å². The van der Waals surface area contributed by atoms with E-state index in [9.17, 15) is 8.78 Å². The van der Waals surface area contributed by atoms with Gasteiger partial charge in [0.2, 0.25) is 17.4 Å². The third-order valence-electron chi connectivity index (χ3n) is 8.98. The molecule has 0 aliphatic heterocycles. The molecule has 0 unspecified atom stereocenters. The van der Waals surface area contributed by atoms with Gasteiger partial charge in [-0.25, -0.2) is 8.78 Å². The Morgan fingerprint density at radius 2 is 0.917 bits per heavy atom. The Bertz CT molecular complexity index is 1010. The molecule has 0 amide bonds. The molecular weight excluding hydrogens is 464 g/mol. The first-order valence-electron chi connectivity index (χ1n) is 14.1. The van der Waals surface area contributed by atoms with Gasteiger partial charge >= 0.3 is 0 Å². The van der Waals surface area contributed by atoms with Crippen molar-refractivity contribution in [2.75, 3.05) is 0 Å². The van der Waals surface area contributed by atoms with Crippen LogP contribution in [0.15, 0.2) is 12.1 Å². The van der Waals surface area contributed by atoms with Crippen LogP contribution in [-0.2, 0) is 0 Å². The molecule has 0 atom stereocenters. The van der Waals surface area contributed by atoms with Crippen LogP contribution in [0, 0.1) is 30.2 Å². The van der Waals surface area contributed by atoms with Crippen LogP contribution in [0.3, 0.4) is 0 Å². The molecule has 1 nitrogen and oxygen atoms in total. The van der Waals surface area contributed by atoms with Gasteiger partial charge < -0.3 is 4.74 Å². The lowest BCUT2D eigenvalue weighted by Gasteiger charge is -2.32. The van der Waals surface area contributed by atoms with Gasteiger partial charge in [0.25, 0.3) is 0 Å². The molecule has 5 rings (SSSR count). The van der Waals surface area contributed by atoms with E-state index >= 15 is 8.78 Å². The fraction of sp³-hybridized carbons (Fsp3) is 0.613. The van der Waals surface area contributed by atoms with Gasteiger partial charge in [-0.2, -0.15) is 8.78 Å². The van der Waals surface area contributed by atoms with Crippen LogP contribution >= 0.6 is 0 Å². The van der Waals surface area contributed by atoms with Crippen LogP contribution in [0.1, 0.15) is 136 Å². The zero-order valence-electron chi connectivity index (χ0n) is 21.4. The lowest BCUT2D eigenvalue weighted by atomic mass is 9.75. The summed E-state index contributed by atoms with van der Waals surface area (Å²) >= 11 is 0. The highest BCUT2D eigenvalue weighted by molar-refractivity contribution is 5.52. The topological polar surface area (TPSA) is 9.23 Å². The van der Waals surface area contributed by atoms with Gasteiger partial charge in [0.1, 0.15) is 5.75 Å². The highest BCUT2D eigenvalue weighted by Crippen LogP contribution is 2.49. The van der Waals surface area contributed by atoms with Crippen molar-refractivity contribution in [3.63, 3.8) is 0 Å². The summed E-state index contributed by atoms with van der Waals surface area (Å²) in [6.07, 6.45) is 16.8. The van der Waals surface area contributed by atoms with Gasteiger partial charge in [-0.3, -0.25) is 0 Å². The molecule has 2 aromatic rings. The van der Waals surface area contributed by atoms with Crippen LogP contribution in [0.5, 0.6) is 11.5 Å². The van der Waals surface area contributed by atoms with E-state index in [-0.39, 0.29) is 11.8 Å². The number of halogens is 4. The van der Waals surface area contributed by atoms with Crippen molar-refractivity contribution in [3.8, 4) is 11.5 Å². The molecule has 3 aliphatic rings. The van der Waals surface area contributed by atoms with Crippen molar-refractivity contribution in [2.45, 2.75) is 121 Å². The molecule has 196 valence electrons. The van der Waals surface area contributed by atoms with Gasteiger partial charge in [0.05, 0.1) is 0 Å². The Kier molecular flexibility index (Phi) is 7.93. The maximum Gasteiger partial charge on any atom is 0.204 e. The van der Waals surface area contributed by atoms with Crippen LogP contribution in [-0.4, -0.2) is 0 Å². The monoisotopic (exact) mass is 502 g/mol. The van der Waals surface area contributed by atoms with E-state index in [0.29, 0.717) is 11.7 Å². The normalized spacial score (nSPS) is 20.6. The molecule has 0 heterocycles. The number of hydrogen-bond donors (Lipinski definition) is 0. The van der Waals surface area contributed by atoms with Crippen LogP contribution < -0.4 is 4.74 Å². The highest BCUT2D eigenvalue weighted by Gasteiger charge is 2.32. The standard InChI is InChI=1S/C31H38F4O/c1-19-26(32)28(34)31(29(35)27(19)33)36-30-24(21-13-7-3-8-14-21)17-23(20-11-5-2-6-12-20)18-25(30)22-15-9-4-10-16-22/h17-18,20-22H,2-16H2,1H3. The Morgan fingerprint density at radius 1 is 0.528 bits per heavy atom. The SMILES string of the molecule is Cc1c(F)c(F)c(Oc2c(C3CCCCC3)cc(C3CCCCC3)cc2C2CCCCC2)c(F)c1F. The molecule has 0 spiro atoms. The number of benzene rings is 2. The van der Waals surface area contributed by atoms with Gasteiger partial charge in [0.15, 0.2) is 11.6 Å². The summed E-state index contributed by atoms with van der Waals surface area (Å²) in [5, 5.41) is 0. The van der Waals surface area contributed by atoms with E-state index < -0.39 is 34.6 Å². The first-order chi connectivity index (χ1) is 17.5. The Morgan fingerprint density at radius 3 is 1.33 bits per heavy atom. The average Bonchev–Trinajstić information content (AvgIpc) is 2.94. The summed E-state index contributed by atoms with van der Waals surface area (Å²) in [6, 6.07) is 4.43. The summed E-state index contributed by atoms with van der Waals surface area (Å²) in [6.45, 7) is 1.04. The third-order valence-corrected chi connectivity index (χ3v) is 8.98. The van der Waals surface area contributed by atoms with Crippen molar-refractivity contribution in [1.82, 2.24) is 0 Å². The van der Waals surface area contributed by atoms with Crippen LogP contribution in [0.4, 0.5) is 17.6 Å². The number of ether oxygens (including phenoxy) is 1. The fourth-order valence-electron chi connectivity index (χ4n) is 6.83. The number of rotatable bonds is 5. The zero-order chi connectivity index (χ0) is 25.2. The van der Waals surface area contributed by atoms with Gasteiger partial charge in [-0.15, -0.1) is 0 Å². The minimum Gasteiger partial charge on any atom is -0.450 e. The van der Waals surface area contributed by atoms with Crippen molar-refractivity contribution >= 4 is 0 Å². The molecule has 0 radical (unpaired) electrons. The van der Waals surface area contributed by atoms with E-state index in [0.717, 1.165) is 82.3 Å². The average molecular weight is 503 g/mol. The van der Waals surface area contributed by atoms with E-state index in [2.05, 4.69) is 12.1 Å². The molecule has 2 aromatic carbocycles. The minimum absolute atomic E-state index is 0.228. The van der Waals surface area contributed by atoms with Crippen molar-refractivity contribution in [3.05, 3.63) is 57.7 Å². The van der Waals surface area contributed by atoms with Gasteiger partial charge in [-0.05, 0) is 79.9 Å². The van der Waals surface area contributed by atoms with Gasteiger partial charge in [-0.1, -0.05) is 69.9 Å². The molecule has 0 N–H and O–H groups in total. The van der Waals surface area contributed by atoms with E-state index in [1.807, 2.05) is 0 Å². The largest absolute Gasteiger partial charge is 0.450 e. The second-order valence-corrected chi connectivity index (χ2v) is 11.3. The lowest BCUT2D eigenvalue weighted by Crippen LogP contribution is -2.15. The first kappa shape index (κ1) is 25.6. The Hall–Kier alpha value is -2.04. The summed E-state index contributed by atoms with van der Waals surface area (Å²) in [7, 11) is 0. The lowest BCUT2D eigenvalue weighted by molar-refractivity contribution is 0.345. The Labute approximate surface area is 212 Å². The third kappa shape index (κ3) is 5.04. The second kappa shape index (κ2) is 11.1. The molecule has 0 aromatic heterocycles. The molecule has 3 saturated carbocycles. The fourth-order valence-corrected chi connectivity index (χ4v) is 6.83. The summed E-state index contributed by atoms with van der Waals surface area (Å²) < 4.78 is 65.0. The van der Waals surface area contributed by atoms with Crippen molar-refractivity contribution in [1.29, 1.82) is 0 Å². The van der Waals surface area contributed by atoms with Crippen molar-refractivity contribution in [2.24, 2.45) is 0 Å². The first-order valence-corrected chi connectivity index (χ1v) is 14.1. The van der Waals surface area contributed by atoms with E-state index in [4.69, 9.17) is 4.74 Å². The highest BCUT2D eigenvalue weighted by atomic mass is 19.2. The minimum atomic E-state index is -1.45. The Balaban J connectivity index is 1.67.